The molecule has 2 aromatic rings. The van der Waals surface area contributed by atoms with Gasteiger partial charge in [-0.05, 0) is 48.2 Å². The maximum atomic E-state index is 13.2. The number of halogens is 1. The van der Waals surface area contributed by atoms with Crippen molar-refractivity contribution in [1.82, 2.24) is 0 Å². The van der Waals surface area contributed by atoms with E-state index in [0.717, 1.165) is 24.0 Å². The molecule has 0 aliphatic rings. The maximum Gasteiger partial charge on any atom is 0.160 e. The normalized spacial score (nSPS) is 10.5. The topological polar surface area (TPSA) is 17.1 Å². The van der Waals surface area contributed by atoms with Crippen molar-refractivity contribution in [2.24, 2.45) is 0 Å². The molecule has 1 nitrogen and oxygen atoms in total. The highest BCUT2D eigenvalue weighted by Gasteiger charge is 2.10. The summed E-state index contributed by atoms with van der Waals surface area (Å²) in [5, 5.41) is 0. The fourth-order valence-electron chi connectivity index (χ4n) is 2.11. The first-order valence-electron chi connectivity index (χ1n) is 6.43. The number of rotatable bonds is 4. The van der Waals surface area contributed by atoms with Gasteiger partial charge in [0.05, 0.1) is 0 Å². The Hall–Kier alpha value is -1.96. The molecule has 0 bridgehead atoms. The number of carbonyl (C=O) groups is 1. The van der Waals surface area contributed by atoms with Crippen LogP contribution < -0.4 is 0 Å². The zero-order valence-corrected chi connectivity index (χ0v) is 11.2. The van der Waals surface area contributed by atoms with E-state index >= 15 is 0 Å². The highest BCUT2D eigenvalue weighted by Crippen LogP contribution is 2.25. The van der Waals surface area contributed by atoms with Gasteiger partial charge < -0.3 is 0 Å². The number of Topliss-reactive ketones (excluding diaryl/α,β-unsaturated/α-hetero) is 1. The largest absolute Gasteiger partial charge is 0.294 e. The Morgan fingerprint density at radius 3 is 2.63 bits per heavy atom. The molecule has 0 saturated carbocycles. The summed E-state index contributed by atoms with van der Waals surface area (Å²) >= 11 is 0. The fraction of sp³-hybridized carbons (Fsp3) is 0.235. The van der Waals surface area contributed by atoms with Gasteiger partial charge in [0.15, 0.2) is 5.78 Å². The van der Waals surface area contributed by atoms with Crippen LogP contribution in [0.2, 0.25) is 0 Å². The lowest BCUT2D eigenvalue weighted by atomic mass is 9.96. The van der Waals surface area contributed by atoms with Crippen molar-refractivity contribution in [3.05, 3.63) is 59.4 Å². The van der Waals surface area contributed by atoms with Crippen LogP contribution in [-0.2, 0) is 6.42 Å². The van der Waals surface area contributed by atoms with E-state index in [0.29, 0.717) is 5.56 Å². The van der Waals surface area contributed by atoms with Crippen molar-refractivity contribution in [2.75, 3.05) is 0 Å². The van der Waals surface area contributed by atoms with Crippen LogP contribution in [0.5, 0.6) is 0 Å². The zero-order chi connectivity index (χ0) is 13.8. The van der Waals surface area contributed by atoms with Crippen LogP contribution in [0.25, 0.3) is 11.1 Å². The van der Waals surface area contributed by atoms with Crippen LogP contribution >= 0.6 is 0 Å². The van der Waals surface area contributed by atoms with Gasteiger partial charge in [-0.15, -0.1) is 0 Å². The third-order valence-electron chi connectivity index (χ3n) is 3.07. The molecular weight excluding hydrogens is 239 g/mol. The van der Waals surface area contributed by atoms with Crippen molar-refractivity contribution in [2.45, 2.75) is 26.7 Å². The van der Waals surface area contributed by atoms with Crippen LogP contribution in [-0.4, -0.2) is 5.78 Å². The van der Waals surface area contributed by atoms with Gasteiger partial charge in [-0.2, -0.15) is 0 Å². The molecule has 0 aliphatic carbocycles. The summed E-state index contributed by atoms with van der Waals surface area (Å²) in [6.07, 6.45) is 2.10. The van der Waals surface area contributed by atoms with Gasteiger partial charge in [0.1, 0.15) is 5.82 Å². The molecule has 0 heterocycles. The van der Waals surface area contributed by atoms with Crippen LogP contribution in [0, 0.1) is 11.9 Å². The van der Waals surface area contributed by atoms with Crippen LogP contribution in [0.4, 0.5) is 4.39 Å². The predicted molar refractivity (Wildman–Crippen MR) is 74.7 cm³/mol. The predicted octanol–water partition coefficient (Wildman–Crippen LogP) is 4.45. The Morgan fingerprint density at radius 1 is 1.26 bits per heavy atom. The number of ketones is 1. The molecular formula is C17H16FO. The van der Waals surface area contributed by atoms with Crippen molar-refractivity contribution in [1.29, 1.82) is 0 Å². The molecule has 2 rings (SSSR count). The van der Waals surface area contributed by atoms with E-state index in [9.17, 15) is 9.18 Å². The van der Waals surface area contributed by atoms with E-state index in [-0.39, 0.29) is 5.78 Å². The summed E-state index contributed by atoms with van der Waals surface area (Å²) in [6, 6.07) is 13.4. The lowest BCUT2D eigenvalue weighted by Crippen LogP contribution is -1.97. The number of benzene rings is 2. The van der Waals surface area contributed by atoms with Crippen molar-refractivity contribution in [3.8, 4) is 11.1 Å². The Labute approximate surface area is 113 Å². The van der Waals surface area contributed by atoms with Gasteiger partial charge in [-0.25, -0.2) is 4.39 Å². The Kier molecular flexibility index (Phi) is 4.10. The smallest absolute Gasteiger partial charge is 0.160 e. The van der Waals surface area contributed by atoms with Crippen LogP contribution in [0.15, 0.2) is 36.4 Å². The fourth-order valence-corrected chi connectivity index (χ4v) is 2.11. The number of carbonyl (C=O) groups excluding carboxylic acids is 1. The minimum absolute atomic E-state index is 0.138. The first-order valence-corrected chi connectivity index (χ1v) is 6.43. The standard InChI is InChI=1S/C17H16FO/c1-3-4-13-5-7-14(8-6-13)16-10-9-15(18)11-17(16)12(2)19/h5-7,9-11H,3-4H2,1-2H3. The Morgan fingerprint density at radius 2 is 2.05 bits per heavy atom. The molecule has 0 amide bonds. The molecule has 0 unspecified atom stereocenters. The number of aryl methyl sites for hydroxylation is 1. The molecule has 0 spiro atoms. The second kappa shape index (κ2) is 5.79. The monoisotopic (exact) mass is 255 g/mol. The minimum Gasteiger partial charge on any atom is -0.294 e. The van der Waals surface area contributed by atoms with Gasteiger partial charge in [0, 0.05) is 5.56 Å². The molecule has 2 heteroatoms. The van der Waals surface area contributed by atoms with Crippen molar-refractivity contribution < 1.29 is 9.18 Å². The third-order valence-corrected chi connectivity index (χ3v) is 3.07. The molecule has 0 fully saturated rings. The first-order chi connectivity index (χ1) is 9.11. The highest BCUT2D eigenvalue weighted by molar-refractivity contribution is 6.00. The molecule has 0 N–H and O–H groups in total. The minimum atomic E-state index is -0.392. The van der Waals surface area contributed by atoms with Crippen LogP contribution in [0.1, 0.15) is 36.2 Å². The van der Waals surface area contributed by atoms with E-state index in [4.69, 9.17) is 0 Å². The molecule has 0 atom stereocenters. The summed E-state index contributed by atoms with van der Waals surface area (Å²) in [4.78, 5) is 11.6. The molecule has 1 radical (unpaired) electrons. The van der Waals surface area contributed by atoms with E-state index in [1.54, 1.807) is 6.07 Å². The highest BCUT2D eigenvalue weighted by atomic mass is 19.1. The average molecular weight is 255 g/mol. The second-order valence-electron chi connectivity index (χ2n) is 4.61. The quantitative estimate of drug-likeness (QED) is 0.738. The summed E-state index contributed by atoms with van der Waals surface area (Å²) in [5.41, 5.74) is 3.18. The van der Waals surface area contributed by atoms with Crippen molar-refractivity contribution >= 4 is 5.78 Å². The van der Waals surface area contributed by atoms with Gasteiger partial charge in [-0.3, -0.25) is 4.79 Å². The van der Waals surface area contributed by atoms with Crippen LogP contribution in [0.3, 0.4) is 0 Å². The molecule has 0 aromatic heterocycles. The van der Waals surface area contributed by atoms with E-state index in [1.807, 2.05) is 18.2 Å². The summed E-state index contributed by atoms with van der Waals surface area (Å²) < 4.78 is 13.2. The first kappa shape index (κ1) is 13.5. The molecule has 19 heavy (non-hydrogen) atoms. The number of hydrogen-bond donors (Lipinski definition) is 0. The summed E-state index contributed by atoms with van der Waals surface area (Å²) in [7, 11) is 0. The molecule has 0 saturated heterocycles. The molecule has 97 valence electrons. The maximum absolute atomic E-state index is 13.2. The van der Waals surface area contributed by atoms with E-state index in [2.05, 4.69) is 13.0 Å². The van der Waals surface area contributed by atoms with Crippen molar-refractivity contribution in [3.63, 3.8) is 0 Å². The average Bonchev–Trinajstić information content (AvgIpc) is 2.40. The Bertz CT molecular complexity index is 585. The summed E-state index contributed by atoms with van der Waals surface area (Å²) in [6.45, 7) is 3.57. The molecule has 2 aromatic carbocycles. The third kappa shape index (κ3) is 3.08. The number of hydrogen-bond acceptors (Lipinski definition) is 1. The SMILES string of the molecule is CCCc1c[c]c(-c2ccc(F)cc2C(C)=O)cc1. The lowest BCUT2D eigenvalue weighted by Gasteiger charge is -2.08. The van der Waals surface area contributed by atoms with E-state index in [1.165, 1.54) is 24.6 Å². The van der Waals surface area contributed by atoms with E-state index < -0.39 is 5.82 Å². The lowest BCUT2D eigenvalue weighted by molar-refractivity contribution is 0.101. The van der Waals surface area contributed by atoms with Gasteiger partial charge in [0.2, 0.25) is 0 Å². The Balaban J connectivity index is 2.43. The second-order valence-corrected chi connectivity index (χ2v) is 4.61. The van der Waals surface area contributed by atoms with Gasteiger partial charge in [0.25, 0.3) is 0 Å². The molecule has 0 aliphatic heterocycles. The van der Waals surface area contributed by atoms with Gasteiger partial charge in [-0.1, -0.05) is 37.6 Å². The summed E-state index contributed by atoms with van der Waals surface area (Å²) in [5.74, 6) is -0.530. The zero-order valence-electron chi connectivity index (χ0n) is 11.2. The van der Waals surface area contributed by atoms with Gasteiger partial charge >= 0.3 is 0 Å².